The van der Waals surface area contributed by atoms with Crippen LogP contribution in [-0.2, 0) is 0 Å². The van der Waals surface area contributed by atoms with E-state index in [0.717, 1.165) is 0 Å². The molecule has 16 heavy (non-hydrogen) atoms. The Hall–Kier alpha value is -1.55. The number of hydrogen-bond donors (Lipinski definition) is 3. The van der Waals surface area contributed by atoms with Crippen molar-refractivity contribution in [3.8, 4) is 0 Å². The van der Waals surface area contributed by atoms with E-state index in [1.165, 1.54) is 0 Å². The lowest BCUT2D eigenvalue weighted by Gasteiger charge is -2.15. The summed E-state index contributed by atoms with van der Waals surface area (Å²) in [6.07, 6.45) is -0.523. The average molecular weight is 222 g/mol. The number of nitrogens with one attached hydrogen (secondary N) is 1. The number of aliphatic hydroxyl groups excluding tert-OH is 1. The van der Waals surface area contributed by atoms with Crippen molar-refractivity contribution in [1.82, 2.24) is 5.32 Å². The molecule has 1 aromatic carbocycles. The average Bonchev–Trinajstić information content (AvgIpc) is 2.25. The number of carbonyl (C=O) groups excluding carboxylic acids is 1. The van der Waals surface area contributed by atoms with Crippen LogP contribution >= 0.6 is 0 Å². The van der Waals surface area contributed by atoms with E-state index in [0.29, 0.717) is 11.3 Å². The lowest BCUT2D eigenvalue weighted by atomic mass is 10.1. The molecule has 0 saturated heterocycles. The van der Waals surface area contributed by atoms with E-state index in [-0.39, 0.29) is 18.4 Å². The minimum atomic E-state index is -0.523. The molecule has 0 aliphatic carbocycles. The second kappa shape index (κ2) is 5.51. The molecule has 0 heterocycles. The molecule has 4 N–H and O–H groups in total. The van der Waals surface area contributed by atoms with Gasteiger partial charge in [0.1, 0.15) is 0 Å². The Bertz CT molecular complexity index is 364. The van der Waals surface area contributed by atoms with E-state index in [9.17, 15) is 9.90 Å². The number of nitrogens with two attached hydrogens (primary N) is 1. The molecular weight excluding hydrogens is 204 g/mol. The summed E-state index contributed by atoms with van der Waals surface area (Å²) in [6, 6.07) is 6.74. The van der Waals surface area contributed by atoms with Crippen LogP contribution in [0.2, 0.25) is 0 Å². The zero-order valence-electron chi connectivity index (χ0n) is 9.60. The van der Waals surface area contributed by atoms with Gasteiger partial charge in [-0.25, -0.2) is 0 Å². The first-order valence-electron chi connectivity index (χ1n) is 5.32. The van der Waals surface area contributed by atoms with Crippen LogP contribution in [0.5, 0.6) is 0 Å². The highest BCUT2D eigenvalue weighted by Gasteiger charge is 2.11. The third-order valence-electron chi connectivity index (χ3n) is 2.39. The first kappa shape index (κ1) is 12.5. The summed E-state index contributed by atoms with van der Waals surface area (Å²) in [6.45, 7) is 4.06. The fourth-order valence-corrected chi connectivity index (χ4v) is 1.21. The van der Waals surface area contributed by atoms with Gasteiger partial charge in [0.25, 0.3) is 5.91 Å². The van der Waals surface area contributed by atoms with Crippen LogP contribution in [0.1, 0.15) is 24.2 Å². The highest BCUT2D eigenvalue weighted by Crippen LogP contribution is 2.06. The number of benzene rings is 1. The van der Waals surface area contributed by atoms with Crippen LogP contribution in [0.25, 0.3) is 0 Å². The van der Waals surface area contributed by atoms with Gasteiger partial charge in [-0.15, -0.1) is 0 Å². The minimum absolute atomic E-state index is 0.126. The topological polar surface area (TPSA) is 75.3 Å². The minimum Gasteiger partial charge on any atom is -0.399 e. The second-order valence-corrected chi connectivity index (χ2v) is 4.15. The van der Waals surface area contributed by atoms with Gasteiger partial charge in [-0.05, 0) is 24.1 Å². The summed E-state index contributed by atoms with van der Waals surface area (Å²) in [5, 5.41) is 12.2. The van der Waals surface area contributed by atoms with E-state index in [1.807, 2.05) is 13.8 Å². The van der Waals surface area contributed by atoms with Crippen molar-refractivity contribution in [3.05, 3.63) is 29.8 Å². The van der Waals surface area contributed by atoms with E-state index >= 15 is 0 Å². The van der Waals surface area contributed by atoms with Crippen molar-refractivity contribution in [2.24, 2.45) is 5.92 Å². The van der Waals surface area contributed by atoms with Crippen LogP contribution in [0.15, 0.2) is 24.3 Å². The van der Waals surface area contributed by atoms with E-state index in [2.05, 4.69) is 5.32 Å². The highest BCUT2D eigenvalue weighted by molar-refractivity contribution is 5.94. The molecule has 1 unspecified atom stereocenters. The normalized spacial score (nSPS) is 12.5. The Morgan fingerprint density at radius 1 is 1.50 bits per heavy atom. The Labute approximate surface area is 95.5 Å². The molecule has 1 aromatic rings. The van der Waals surface area contributed by atoms with Gasteiger partial charge < -0.3 is 16.2 Å². The van der Waals surface area contributed by atoms with Crippen LogP contribution in [0, 0.1) is 5.92 Å². The molecule has 88 valence electrons. The Kier molecular flexibility index (Phi) is 4.31. The number of amides is 1. The number of carbonyl (C=O) groups is 1. The number of hydrogen-bond acceptors (Lipinski definition) is 3. The molecule has 0 aliphatic rings. The van der Waals surface area contributed by atoms with Crippen LogP contribution in [0.3, 0.4) is 0 Å². The molecule has 0 aliphatic heterocycles. The van der Waals surface area contributed by atoms with Crippen molar-refractivity contribution in [3.63, 3.8) is 0 Å². The van der Waals surface area contributed by atoms with Gasteiger partial charge in [0.15, 0.2) is 0 Å². The van der Waals surface area contributed by atoms with Crippen molar-refractivity contribution < 1.29 is 9.90 Å². The predicted molar refractivity (Wildman–Crippen MR) is 64.0 cm³/mol. The first-order valence-corrected chi connectivity index (χ1v) is 5.32. The maximum Gasteiger partial charge on any atom is 0.251 e. The molecule has 4 heteroatoms. The summed E-state index contributed by atoms with van der Waals surface area (Å²) in [5.41, 5.74) is 6.63. The molecule has 0 spiro atoms. The van der Waals surface area contributed by atoms with Gasteiger partial charge in [0.2, 0.25) is 0 Å². The monoisotopic (exact) mass is 222 g/mol. The lowest BCUT2D eigenvalue weighted by Crippen LogP contribution is -2.34. The van der Waals surface area contributed by atoms with Crippen molar-refractivity contribution in [2.45, 2.75) is 20.0 Å². The van der Waals surface area contributed by atoms with Gasteiger partial charge >= 0.3 is 0 Å². The molecule has 0 fully saturated rings. The fourth-order valence-electron chi connectivity index (χ4n) is 1.21. The molecular formula is C12H18N2O2. The smallest absolute Gasteiger partial charge is 0.251 e. The van der Waals surface area contributed by atoms with Crippen molar-refractivity contribution in [2.75, 3.05) is 12.3 Å². The Balaban J connectivity index is 2.53. The maximum absolute atomic E-state index is 11.6. The summed E-state index contributed by atoms with van der Waals surface area (Å²) in [4.78, 5) is 11.6. The Morgan fingerprint density at radius 2 is 2.19 bits per heavy atom. The van der Waals surface area contributed by atoms with E-state index in [4.69, 9.17) is 5.73 Å². The molecule has 0 radical (unpaired) electrons. The number of rotatable bonds is 4. The Morgan fingerprint density at radius 3 is 2.75 bits per heavy atom. The van der Waals surface area contributed by atoms with E-state index in [1.54, 1.807) is 24.3 Å². The fraction of sp³-hybridized carbons (Fsp3) is 0.417. The molecule has 4 nitrogen and oxygen atoms in total. The zero-order valence-corrected chi connectivity index (χ0v) is 9.60. The van der Waals surface area contributed by atoms with Crippen molar-refractivity contribution >= 4 is 11.6 Å². The third-order valence-corrected chi connectivity index (χ3v) is 2.39. The summed E-state index contributed by atoms with van der Waals surface area (Å²) >= 11 is 0. The summed E-state index contributed by atoms with van der Waals surface area (Å²) in [5.74, 6) is -0.0897. The molecule has 1 amide bonds. The van der Waals surface area contributed by atoms with Crippen LogP contribution in [0.4, 0.5) is 5.69 Å². The van der Waals surface area contributed by atoms with Crippen LogP contribution in [-0.4, -0.2) is 23.7 Å². The third kappa shape index (κ3) is 3.55. The maximum atomic E-state index is 11.6. The predicted octanol–water partition coefficient (Wildman–Crippen LogP) is 1.02. The SMILES string of the molecule is CC(C)C(O)CNC(=O)c1cccc(N)c1. The molecule has 0 saturated carbocycles. The standard InChI is InChI=1S/C12H18N2O2/c1-8(2)11(15)7-14-12(16)9-4-3-5-10(13)6-9/h3-6,8,11,15H,7,13H2,1-2H3,(H,14,16). The summed E-state index contributed by atoms with van der Waals surface area (Å²) < 4.78 is 0. The van der Waals surface area contributed by atoms with Crippen LogP contribution < -0.4 is 11.1 Å². The number of nitrogen functional groups attached to an aromatic ring is 1. The van der Waals surface area contributed by atoms with Gasteiger partial charge in [-0.2, -0.15) is 0 Å². The van der Waals surface area contributed by atoms with Gasteiger partial charge in [-0.1, -0.05) is 19.9 Å². The number of aliphatic hydroxyl groups is 1. The first-order chi connectivity index (χ1) is 7.50. The zero-order chi connectivity index (χ0) is 12.1. The lowest BCUT2D eigenvalue weighted by molar-refractivity contribution is 0.0871. The second-order valence-electron chi connectivity index (χ2n) is 4.15. The molecule has 0 bridgehead atoms. The largest absolute Gasteiger partial charge is 0.399 e. The van der Waals surface area contributed by atoms with Gasteiger partial charge in [-0.3, -0.25) is 4.79 Å². The number of anilines is 1. The molecule has 1 rings (SSSR count). The molecule has 0 aromatic heterocycles. The highest BCUT2D eigenvalue weighted by atomic mass is 16.3. The quantitative estimate of drug-likeness (QED) is 0.666. The van der Waals surface area contributed by atoms with E-state index < -0.39 is 6.10 Å². The summed E-state index contributed by atoms with van der Waals surface area (Å²) in [7, 11) is 0. The van der Waals surface area contributed by atoms with Gasteiger partial charge in [0, 0.05) is 17.8 Å². The molecule has 1 atom stereocenters. The van der Waals surface area contributed by atoms with Crippen molar-refractivity contribution in [1.29, 1.82) is 0 Å². The van der Waals surface area contributed by atoms with Gasteiger partial charge in [0.05, 0.1) is 6.10 Å².